The number of benzene rings is 2. The van der Waals surface area contributed by atoms with E-state index < -0.39 is 0 Å². The van der Waals surface area contributed by atoms with Crippen molar-refractivity contribution in [1.82, 2.24) is 5.32 Å². The number of hydrogen-bond donors (Lipinski definition) is 1. The zero-order chi connectivity index (χ0) is 14.5. The summed E-state index contributed by atoms with van der Waals surface area (Å²) < 4.78 is 0. The Morgan fingerprint density at radius 3 is 2.35 bits per heavy atom. The molecule has 0 aliphatic rings. The first-order valence-electron chi connectivity index (χ1n) is 6.78. The van der Waals surface area contributed by atoms with E-state index in [1.807, 2.05) is 31.3 Å². The van der Waals surface area contributed by atoms with Gasteiger partial charge in [0.1, 0.15) is 0 Å². The van der Waals surface area contributed by atoms with Gasteiger partial charge in [-0.2, -0.15) is 0 Å². The summed E-state index contributed by atoms with van der Waals surface area (Å²) in [5.41, 5.74) is 2.41. The summed E-state index contributed by atoms with van der Waals surface area (Å²) in [5, 5.41) is 4.67. The van der Waals surface area contributed by atoms with Crippen LogP contribution in [0.3, 0.4) is 0 Å². The maximum absolute atomic E-state index is 6.29. The molecule has 0 aliphatic carbocycles. The highest BCUT2D eigenvalue weighted by atomic mass is 35.5. The van der Waals surface area contributed by atoms with Crippen LogP contribution in [0, 0.1) is 0 Å². The van der Waals surface area contributed by atoms with Gasteiger partial charge in [0, 0.05) is 6.04 Å². The Hall–Kier alpha value is -1.02. The highest BCUT2D eigenvalue weighted by molar-refractivity contribution is 6.42. The molecule has 106 valence electrons. The summed E-state index contributed by atoms with van der Waals surface area (Å²) in [4.78, 5) is 0. The van der Waals surface area contributed by atoms with Crippen molar-refractivity contribution in [3.63, 3.8) is 0 Å². The zero-order valence-electron chi connectivity index (χ0n) is 11.7. The molecule has 0 amide bonds. The van der Waals surface area contributed by atoms with Gasteiger partial charge in [-0.15, -0.1) is 0 Å². The molecule has 3 heteroatoms. The zero-order valence-corrected chi connectivity index (χ0v) is 13.2. The second-order valence-corrected chi connectivity index (χ2v) is 5.80. The Kier molecular flexibility index (Phi) is 5.47. The van der Waals surface area contributed by atoms with Crippen molar-refractivity contribution in [2.75, 3.05) is 7.05 Å². The van der Waals surface area contributed by atoms with Gasteiger partial charge in [0.05, 0.1) is 10.0 Å². The van der Waals surface area contributed by atoms with Crippen LogP contribution < -0.4 is 5.32 Å². The van der Waals surface area contributed by atoms with Gasteiger partial charge in [0.15, 0.2) is 0 Å². The van der Waals surface area contributed by atoms with Crippen LogP contribution in [0.1, 0.15) is 24.0 Å². The second kappa shape index (κ2) is 7.12. The van der Waals surface area contributed by atoms with Crippen molar-refractivity contribution >= 4 is 23.2 Å². The van der Waals surface area contributed by atoms with E-state index in [-0.39, 0.29) is 0 Å². The predicted molar refractivity (Wildman–Crippen MR) is 87.9 cm³/mol. The molecule has 2 unspecified atom stereocenters. The van der Waals surface area contributed by atoms with E-state index in [4.69, 9.17) is 23.2 Å². The summed E-state index contributed by atoms with van der Waals surface area (Å²) in [7, 11) is 1.99. The van der Waals surface area contributed by atoms with E-state index in [2.05, 4.69) is 36.5 Å². The van der Waals surface area contributed by atoms with Gasteiger partial charge < -0.3 is 5.32 Å². The van der Waals surface area contributed by atoms with Crippen LogP contribution in [0.15, 0.2) is 48.5 Å². The third-order valence-corrected chi connectivity index (χ3v) is 4.63. The molecule has 0 fully saturated rings. The number of rotatable bonds is 5. The van der Waals surface area contributed by atoms with Crippen LogP contribution in [0.5, 0.6) is 0 Å². The molecule has 0 bridgehead atoms. The number of likely N-dealkylation sites (N-methyl/N-ethyl adjacent to an activating group) is 1. The highest BCUT2D eigenvalue weighted by Crippen LogP contribution is 2.29. The van der Waals surface area contributed by atoms with Crippen LogP contribution in [0.2, 0.25) is 10.0 Å². The normalized spacial score (nSPS) is 14.0. The lowest BCUT2D eigenvalue weighted by Crippen LogP contribution is -2.33. The molecule has 20 heavy (non-hydrogen) atoms. The molecule has 0 saturated carbocycles. The van der Waals surface area contributed by atoms with E-state index in [1.54, 1.807) is 0 Å². The van der Waals surface area contributed by atoms with Crippen molar-refractivity contribution < 1.29 is 0 Å². The largest absolute Gasteiger partial charge is 0.316 e. The molecule has 0 heterocycles. The van der Waals surface area contributed by atoms with Gasteiger partial charge in [-0.3, -0.25) is 0 Å². The average molecular weight is 308 g/mol. The Labute approximate surface area is 130 Å². The molecule has 1 nitrogen and oxygen atoms in total. The minimum Gasteiger partial charge on any atom is -0.316 e. The third-order valence-electron chi connectivity index (χ3n) is 3.77. The number of hydrogen-bond acceptors (Lipinski definition) is 1. The van der Waals surface area contributed by atoms with Crippen molar-refractivity contribution in [3.05, 3.63) is 69.7 Å². The van der Waals surface area contributed by atoms with Crippen LogP contribution >= 0.6 is 23.2 Å². The lowest BCUT2D eigenvalue weighted by Gasteiger charge is -2.24. The molecular formula is C17H19Cl2N. The smallest absolute Gasteiger partial charge is 0.0624 e. The fourth-order valence-corrected chi connectivity index (χ4v) is 2.86. The van der Waals surface area contributed by atoms with E-state index in [0.29, 0.717) is 22.0 Å². The van der Waals surface area contributed by atoms with Crippen molar-refractivity contribution in [1.29, 1.82) is 0 Å². The van der Waals surface area contributed by atoms with E-state index in [1.165, 1.54) is 5.56 Å². The van der Waals surface area contributed by atoms with Gasteiger partial charge in [-0.25, -0.2) is 0 Å². The first kappa shape index (κ1) is 15.4. The minimum atomic E-state index is 0.313. The molecule has 2 aromatic rings. The van der Waals surface area contributed by atoms with Crippen LogP contribution in [0.25, 0.3) is 0 Å². The highest BCUT2D eigenvalue weighted by Gasteiger charge is 2.19. The van der Waals surface area contributed by atoms with Crippen molar-refractivity contribution in [2.24, 2.45) is 0 Å². The molecule has 2 aromatic carbocycles. The molecule has 0 aliphatic heterocycles. The van der Waals surface area contributed by atoms with Crippen LogP contribution in [0.4, 0.5) is 0 Å². The molecule has 0 radical (unpaired) electrons. The standard InChI is InChI=1S/C17H19Cl2N/c1-12(13-7-4-3-5-8-13)16(20-2)11-14-9-6-10-15(18)17(14)19/h3-10,12,16,20H,11H2,1-2H3. The number of nitrogens with one attached hydrogen (secondary N) is 1. The van der Waals surface area contributed by atoms with Gasteiger partial charge in [0.25, 0.3) is 0 Å². The van der Waals surface area contributed by atoms with E-state index in [0.717, 1.165) is 12.0 Å². The van der Waals surface area contributed by atoms with Crippen LogP contribution in [-0.4, -0.2) is 13.1 Å². The molecule has 1 N–H and O–H groups in total. The quantitative estimate of drug-likeness (QED) is 0.826. The number of halogens is 2. The Morgan fingerprint density at radius 2 is 1.70 bits per heavy atom. The fraction of sp³-hybridized carbons (Fsp3) is 0.294. The Bertz CT molecular complexity index is 554. The van der Waals surface area contributed by atoms with Crippen molar-refractivity contribution in [3.8, 4) is 0 Å². The first-order chi connectivity index (χ1) is 9.63. The fourth-order valence-electron chi connectivity index (χ4n) is 2.46. The van der Waals surface area contributed by atoms with Crippen LogP contribution in [-0.2, 0) is 6.42 Å². The SMILES string of the molecule is CNC(Cc1cccc(Cl)c1Cl)C(C)c1ccccc1. The summed E-state index contributed by atoms with van der Waals surface area (Å²) in [6.45, 7) is 2.23. The predicted octanol–water partition coefficient (Wildman–Crippen LogP) is 4.93. The molecule has 2 rings (SSSR count). The topological polar surface area (TPSA) is 12.0 Å². The first-order valence-corrected chi connectivity index (χ1v) is 7.54. The Balaban J connectivity index is 2.19. The lowest BCUT2D eigenvalue weighted by molar-refractivity contribution is 0.483. The maximum Gasteiger partial charge on any atom is 0.0624 e. The molecule has 0 aromatic heterocycles. The van der Waals surface area contributed by atoms with Gasteiger partial charge >= 0.3 is 0 Å². The van der Waals surface area contributed by atoms with Crippen molar-refractivity contribution in [2.45, 2.75) is 25.3 Å². The minimum absolute atomic E-state index is 0.313. The van der Waals surface area contributed by atoms with E-state index in [9.17, 15) is 0 Å². The summed E-state index contributed by atoms with van der Waals surface area (Å²) in [6.07, 6.45) is 0.853. The van der Waals surface area contributed by atoms with Gasteiger partial charge in [0.2, 0.25) is 0 Å². The molecule has 0 saturated heterocycles. The molecule has 0 spiro atoms. The third kappa shape index (κ3) is 3.54. The monoisotopic (exact) mass is 307 g/mol. The molecular weight excluding hydrogens is 289 g/mol. The average Bonchev–Trinajstić information content (AvgIpc) is 2.49. The summed E-state index contributed by atoms with van der Waals surface area (Å²) in [6, 6.07) is 16.6. The van der Waals surface area contributed by atoms with Gasteiger partial charge in [-0.1, -0.05) is 72.6 Å². The Morgan fingerprint density at radius 1 is 1.00 bits per heavy atom. The lowest BCUT2D eigenvalue weighted by atomic mass is 9.89. The van der Waals surface area contributed by atoms with E-state index >= 15 is 0 Å². The maximum atomic E-state index is 6.29. The molecule has 2 atom stereocenters. The summed E-state index contributed by atoms with van der Waals surface area (Å²) in [5.74, 6) is 0.399. The summed E-state index contributed by atoms with van der Waals surface area (Å²) >= 11 is 12.4. The van der Waals surface area contributed by atoms with Gasteiger partial charge in [-0.05, 0) is 36.6 Å². The second-order valence-electron chi connectivity index (χ2n) is 5.01.